The number of carbonyl (C=O) groups is 1. The van der Waals surface area contributed by atoms with Crippen LogP contribution in [0.4, 0.5) is 0 Å². The third-order valence-corrected chi connectivity index (χ3v) is 10.8. The van der Waals surface area contributed by atoms with Gasteiger partial charge >= 0.3 is 5.97 Å². The Morgan fingerprint density at radius 2 is 1.68 bits per heavy atom. The molecule has 3 aromatic rings. The predicted molar refractivity (Wildman–Crippen MR) is 107 cm³/mol. The molecule has 0 unspecified atom stereocenters. The van der Waals surface area contributed by atoms with E-state index in [1.165, 1.54) is 10.9 Å². The van der Waals surface area contributed by atoms with E-state index in [1.807, 2.05) is 6.07 Å². The maximum absolute atomic E-state index is 11.2. The van der Waals surface area contributed by atoms with E-state index >= 15 is 0 Å². The molecule has 0 amide bonds. The number of benzene rings is 2. The summed E-state index contributed by atoms with van der Waals surface area (Å²) in [5.74, 6) is -0.896. The Hall–Kier alpha value is -2.33. The van der Waals surface area contributed by atoms with Crippen molar-refractivity contribution < 1.29 is 9.90 Å². The Morgan fingerprint density at radius 3 is 2.32 bits per heavy atom. The number of aromatic nitrogens is 1. The average molecular weight is 352 g/mol. The van der Waals surface area contributed by atoms with E-state index in [2.05, 4.69) is 68.6 Å². The van der Waals surface area contributed by atoms with Crippen LogP contribution in [0, 0.1) is 0 Å². The zero-order chi connectivity index (χ0) is 18.4. The highest BCUT2D eigenvalue weighted by atomic mass is 28.3. The van der Waals surface area contributed by atoms with Gasteiger partial charge < -0.3 is 9.34 Å². The van der Waals surface area contributed by atoms with Crippen LogP contribution in [-0.2, 0) is 0 Å². The summed E-state index contributed by atoms with van der Waals surface area (Å²) >= 11 is 0. The summed E-state index contributed by atoms with van der Waals surface area (Å²) in [7, 11) is -1.67. The second kappa shape index (κ2) is 5.88. The summed E-state index contributed by atoms with van der Waals surface area (Å²) < 4.78 is 2.47. The van der Waals surface area contributed by atoms with Crippen LogP contribution in [0.25, 0.3) is 22.0 Å². The van der Waals surface area contributed by atoms with Gasteiger partial charge in [-0.25, -0.2) is 4.79 Å². The van der Waals surface area contributed by atoms with Crippen molar-refractivity contribution in [2.45, 2.75) is 38.9 Å². The van der Waals surface area contributed by atoms with Crippen LogP contribution in [0.1, 0.15) is 31.1 Å². The molecule has 0 saturated carbocycles. The molecule has 2 aromatic carbocycles. The minimum Gasteiger partial charge on any atom is -0.478 e. The maximum atomic E-state index is 11.2. The van der Waals surface area contributed by atoms with Crippen molar-refractivity contribution in [3.05, 3.63) is 60.3 Å². The molecule has 0 spiro atoms. The summed E-state index contributed by atoms with van der Waals surface area (Å²) in [5, 5.41) is 10.7. The highest BCUT2D eigenvalue weighted by molar-refractivity contribution is 6.79. The first-order chi connectivity index (χ1) is 11.6. The van der Waals surface area contributed by atoms with E-state index < -0.39 is 14.2 Å². The number of aromatic carboxylic acids is 1. The quantitative estimate of drug-likeness (QED) is 0.601. The second-order valence-corrected chi connectivity index (χ2v) is 13.3. The van der Waals surface area contributed by atoms with Crippen LogP contribution >= 0.6 is 0 Å². The Kier molecular flexibility index (Phi) is 4.11. The van der Waals surface area contributed by atoms with Crippen LogP contribution in [0.3, 0.4) is 0 Å². The van der Waals surface area contributed by atoms with Crippen LogP contribution < -0.4 is 0 Å². The summed E-state index contributed by atoms with van der Waals surface area (Å²) in [6.07, 6.45) is 2.21. The Balaban J connectivity index is 2.09. The summed E-state index contributed by atoms with van der Waals surface area (Å²) in [4.78, 5) is 11.2. The van der Waals surface area contributed by atoms with Crippen molar-refractivity contribution in [2.75, 3.05) is 0 Å². The summed E-state index contributed by atoms with van der Waals surface area (Å²) in [6.45, 7) is 11.7. The smallest absolute Gasteiger partial charge is 0.335 e. The topological polar surface area (TPSA) is 42.2 Å². The molecule has 0 aliphatic rings. The molecule has 0 radical (unpaired) electrons. The van der Waals surface area contributed by atoms with Gasteiger partial charge in [0.15, 0.2) is 8.24 Å². The monoisotopic (exact) mass is 351 g/mol. The molecule has 1 aromatic heterocycles. The number of hydrogen-bond donors (Lipinski definition) is 1. The van der Waals surface area contributed by atoms with E-state index in [4.69, 9.17) is 0 Å². The minimum atomic E-state index is -1.67. The van der Waals surface area contributed by atoms with Crippen molar-refractivity contribution in [1.29, 1.82) is 0 Å². The lowest BCUT2D eigenvalue weighted by Gasteiger charge is -2.38. The third kappa shape index (κ3) is 3.02. The first kappa shape index (κ1) is 17.5. The van der Waals surface area contributed by atoms with Gasteiger partial charge in [0, 0.05) is 5.52 Å². The van der Waals surface area contributed by atoms with Crippen molar-refractivity contribution in [3.63, 3.8) is 0 Å². The number of carboxylic acids is 1. The molecule has 0 aliphatic heterocycles. The van der Waals surface area contributed by atoms with Gasteiger partial charge in [-0.1, -0.05) is 52.1 Å². The van der Waals surface area contributed by atoms with Gasteiger partial charge in [0.1, 0.15) is 0 Å². The fourth-order valence-electron chi connectivity index (χ4n) is 3.00. The molecule has 25 heavy (non-hydrogen) atoms. The van der Waals surface area contributed by atoms with Crippen LogP contribution in [0.2, 0.25) is 18.1 Å². The zero-order valence-corrected chi connectivity index (χ0v) is 16.5. The minimum absolute atomic E-state index is 0.257. The van der Waals surface area contributed by atoms with Gasteiger partial charge in [-0.3, -0.25) is 0 Å². The highest BCUT2D eigenvalue weighted by Crippen LogP contribution is 2.39. The highest BCUT2D eigenvalue weighted by Gasteiger charge is 2.37. The first-order valence-corrected chi connectivity index (χ1v) is 11.5. The number of rotatable bonds is 3. The lowest BCUT2D eigenvalue weighted by Crippen LogP contribution is -2.44. The maximum Gasteiger partial charge on any atom is 0.335 e. The Morgan fingerprint density at radius 1 is 1.00 bits per heavy atom. The predicted octanol–water partition coefficient (Wildman–Crippen LogP) is 5.86. The van der Waals surface area contributed by atoms with Crippen molar-refractivity contribution in [3.8, 4) is 11.1 Å². The molecule has 3 nitrogen and oxygen atoms in total. The van der Waals surface area contributed by atoms with Gasteiger partial charge in [0.2, 0.25) is 0 Å². The van der Waals surface area contributed by atoms with Crippen LogP contribution in [-0.4, -0.2) is 23.5 Å². The molecular formula is C21H25NO2Si. The van der Waals surface area contributed by atoms with E-state index in [9.17, 15) is 9.90 Å². The molecule has 3 rings (SSSR count). The number of hydrogen-bond acceptors (Lipinski definition) is 1. The molecule has 1 heterocycles. The van der Waals surface area contributed by atoms with Crippen molar-refractivity contribution >= 4 is 25.1 Å². The second-order valence-electron chi connectivity index (χ2n) is 8.15. The Labute approximate surface area is 150 Å². The van der Waals surface area contributed by atoms with Crippen molar-refractivity contribution in [1.82, 2.24) is 4.23 Å². The van der Waals surface area contributed by atoms with Gasteiger partial charge in [0.05, 0.1) is 5.56 Å². The fourth-order valence-corrected chi connectivity index (χ4v) is 4.98. The van der Waals surface area contributed by atoms with Gasteiger partial charge in [0.25, 0.3) is 0 Å². The third-order valence-electron chi connectivity index (χ3n) is 5.57. The summed E-state index contributed by atoms with van der Waals surface area (Å²) in [5.41, 5.74) is 3.55. The average Bonchev–Trinajstić information content (AvgIpc) is 2.97. The van der Waals surface area contributed by atoms with Crippen LogP contribution in [0.15, 0.2) is 54.7 Å². The normalized spacial score (nSPS) is 12.5. The number of nitrogens with zero attached hydrogens (tertiary/aromatic N) is 1. The van der Waals surface area contributed by atoms with E-state index in [0.717, 1.165) is 11.1 Å². The van der Waals surface area contributed by atoms with Gasteiger partial charge in [-0.15, -0.1) is 0 Å². The molecule has 0 bridgehead atoms. The molecule has 130 valence electrons. The van der Waals surface area contributed by atoms with Gasteiger partial charge in [-0.2, -0.15) is 0 Å². The molecule has 0 atom stereocenters. The zero-order valence-electron chi connectivity index (χ0n) is 15.5. The van der Waals surface area contributed by atoms with Gasteiger partial charge in [-0.05, 0) is 58.1 Å². The lowest BCUT2D eigenvalue weighted by atomic mass is 10.0. The lowest BCUT2D eigenvalue weighted by molar-refractivity contribution is 0.0697. The number of fused-ring (bicyclic) bond motifs is 1. The molecule has 1 N–H and O–H groups in total. The van der Waals surface area contributed by atoms with E-state index in [-0.39, 0.29) is 5.04 Å². The standard InChI is InChI=1S/C21H25NO2Si/c1-21(2,3)25(4,5)22-12-11-17-13-16(9-10-19(17)22)15-7-6-8-18(14-15)20(23)24/h6-14H,1-5H3,(H,23,24). The Bertz CT molecular complexity index is 948. The number of carboxylic acid groups (broad SMARTS) is 1. The van der Waals surface area contributed by atoms with Crippen LogP contribution in [0.5, 0.6) is 0 Å². The molecule has 0 saturated heterocycles. The van der Waals surface area contributed by atoms with E-state index in [0.29, 0.717) is 5.56 Å². The van der Waals surface area contributed by atoms with Crippen molar-refractivity contribution in [2.24, 2.45) is 0 Å². The van der Waals surface area contributed by atoms with E-state index in [1.54, 1.807) is 18.2 Å². The molecule has 4 heteroatoms. The summed E-state index contributed by atoms with van der Waals surface area (Å²) in [6, 6.07) is 15.7. The molecule has 0 fully saturated rings. The molecular weight excluding hydrogens is 326 g/mol. The first-order valence-electron chi connectivity index (χ1n) is 8.56. The molecule has 0 aliphatic carbocycles. The SMILES string of the molecule is CC(C)(C)[Si](C)(C)n1ccc2cc(-c3cccc(C(=O)O)c3)ccc21. The fraction of sp³-hybridized carbons (Fsp3) is 0.286. The largest absolute Gasteiger partial charge is 0.478 e.